The standard InChI is InChI=1S/C12H18ClN3/c1-2-16(11-5-3-4-6-11)12-9-14-8-10(7-13)15-12/h8-9,11H,2-7H2,1H3. The molecule has 0 aromatic carbocycles. The first-order valence-corrected chi connectivity index (χ1v) is 6.52. The molecule has 0 aliphatic heterocycles. The van der Waals surface area contributed by atoms with Crippen LogP contribution in [0.5, 0.6) is 0 Å². The van der Waals surface area contributed by atoms with Crippen LogP contribution in [0.25, 0.3) is 0 Å². The molecule has 1 aliphatic carbocycles. The van der Waals surface area contributed by atoms with E-state index in [4.69, 9.17) is 11.6 Å². The molecule has 0 N–H and O–H groups in total. The van der Waals surface area contributed by atoms with Crippen molar-refractivity contribution in [1.29, 1.82) is 0 Å². The van der Waals surface area contributed by atoms with Gasteiger partial charge in [-0.05, 0) is 19.8 Å². The Morgan fingerprint density at radius 2 is 2.12 bits per heavy atom. The fraction of sp³-hybridized carbons (Fsp3) is 0.667. The lowest BCUT2D eigenvalue weighted by Gasteiger charge is -2.28. The summed E-state index contributed by atoms with van der Waals surface area (Å²) in [5.74, 6) is 1.41. The lowest BCUT2D eigenvalue weighted by Crippen LogP contribution is -2.33. The Bertz CT molecular complexity index is 337. The predicted octanol–water partition coefficient (Wildman–Crippen LogP) is 2.98. The lowest BCUT2D eigenvalue weighted by atomic mass is 10.2. The first-order valence-electron chi connectivity index (χ1n) is 5.98. The minimum Gasteiger partial charge on any atom is -0.353 e. The van der Waals surface area contributed by atoms with Crippen LogP contribution in [0.1, 0.15) is 38.3 Å². The molecule has 2 rings (SSSR count). The van der Waals surface area contributed by atoms with Gasteiger partial charge in [0.2, 0.25) is 0 Å². The van der Waals surface area contributed by atoms with Gasteiger partial charge in [-0.15, -0.1) is 11.6 Å². The van der Waals surface area contributed by atoms with E-state index in [1.165, 1.54) is 25.7 Å². The molecular weight excluding hydrogens is 222 g/mol. The zero-order valence-corrected chi connectivity index (χ0v) is 10.5. The minimum absolute atomic E-state index is 0.434. The second-order valence-electron chi connectivity index (χ2n) is 4.23. The van der Waals surface area contributed by atoms with Gasteiger partial charge in [0, 0.05) is 18.8 Å². The largest absolute Gasteiger partial charge is 0.353 e. The van der Waals surface area contributed by atoms with Crippen molar-refractivity contribution in [3.63, 3.8) is 0 Å². The number of alkyl halides is 1. The molecule has 0 bridgehead atoms. The molecule has 1 heterocycles. The van der Waals surface area contributed by atoms with Crippen molar-refractivity contribution in [3.05, 3.63) is 18.1 Å². The van der Waals surface area contributed by atoms with Crippen molar-refractivity contribution >= 4 is 17.4 Å². The third-order valence-corrected chi connectivity index (χ3v) is 3.48. The molecule has 0 spiro atoms. The third kappa shape index (κ3) is 2.46. The van der Waals surface area contributed by atoms with E-state index < -0.39 is 0 Å². The summed E-state index contributed by atoms with van der Waals surface area (Å²) in [4.78, 5) is 11.1. The van der Waals surface area contributed by atoms with E-state index in [2.05, 4.69) is 21.8 Å². The molecule has 0 unspecified atom stereocenters. The Labute approximate surface area is 102 Å². The topological polar surface area (TPSA) is 29.0 Å². The van der Waals surface area contributed by atoms with Crippen LogP contribution in [0.3, 0.4) is 0 Å². The SMILES string of the molecule is CCN(c1cncc(CCl)n1)C1CCCC1. The minimum atomic E-state index is 0.434. The Balaban J connectivity index is 2.18. The normalized spacial score (nSPS) is 16.6. The highest BCUT2D eigenvalue weighted by molar-refractivity contribution is 6.16. The summed E-state index contributed by atoms with van der Waals surface area (Å²) >= 11 is 5.79. The fourth-order valence-electron chi connectivity index (χ4n) is 2.42. The number of halogens is 1. The van der Waals surface area contributed by atoms with E-state index in [1.807, 2.05) is 6.20 Å². The number of hydrogen-bond acceptors (Lipinski definition) is 3. The molecule has 88 valence electrons. The maximum Gasteiger partial charge on any atom is 0.147 e. The maximum atomic E-state index is 5.79. The van der Waals surface area contributed by atoms with Crippen LogP contribution in [0.2, 0.25) is 0 Å². The quantitative estimate of drug-likeness (QED) is 0.757. The molecular formula is C12H18ClN3. The van der Waals surface area contributed by atoms with Gasteiger partial charge in [-0.2, -0.15) is 0 Å². The van der Waals surface area contributed by atoms with Crippen LogP contribution in [-0.2, 0) is 5.88 Å². The van der Waals surface area contributed by atoms with E-state index in [1.54, 1.807) is 6.20 Å². The van der Waals surface area contributed by atoms with Gasteiger partial charge in [-0.3, -0.25) is 4.98 Å². The molecule has 16 heavy (non-hydrogen) atoms. The second-order valence-corrected chi connectivity index (χ2v) is 4.49. The van der Waals surface area contributed by atoms with Gasteiger partial charge in [-0.25, -0.2) is 4.98 Å². The van der Waals surface area contributed by atoms with Gasteiger partial charge in [0.15, 0.2) is 0 Å². The van der Waals surface area contributed by atoms with Crippen molar-refractivity contribution in [2.45, 2.75) is 44.5 Å². The Morgan fingerprint density at radius 1 is 1.38 bits per heavy atom. The van der Waals surface area contributed by atoms with E-state index >= 15 is 0 Å². The summed E-state index contributed by atoms with van der Waals surface area (Å²) < 4.78 is 0. The fourth-order valence-corrected chi connectivity index (χ4v) is 2.55. The summed E-state index contributed by atoms with van der Waals surface area (Å²) in [7, 11) is 0. The molecule has 1 fully saturated rings. The van der Waals surface area contributed by atoms with E-state index in [0.29, 0.717) is 11.9 Å². The summed E-state index contributed by atoms with van der Waals surface area (Å²) in [6.45, 7) is 3.17. The number of hydrogen-bond donors (Lipinski definition) is 0. The number of anilines is 1. The maximum absolute atomic E-state index is 5.79. The Kier molecular flexibility index (Phi) is 3.99. The smallest absolute Gasteiger partial charge is 0.147 e. The highest BCUT2D eigenvalue weighted by Gasteiger charge is 2.22. The molecule has 0 atom stereocenters. The second kappa shape index (κ2) is 5.48. The molecule has 1 aliphatic rings. The van der Waals surface area contributed by atoms with Crippen LogP contribution in [0, 0.1) is 0 Å². The highest BCUT2D eigenvalue weighted by atomic mass is 35.5. The van der Waals surface area contributed by atoms with Crippen LogP contribution in [0.4, 0.5) is 5.82 Å². The van der Waals surface area contributed by atoms with Crippen molar-refractivity contribution in [3.8, 4) is 0 Å². The van der Waals surface area contributed by atoms with Gasteiger partial charge >= 0.3 is 0 Å². The first-order chi connectivity index (χ1) is 7.85. The Hall–Kier alpha value is -0.830. The van der Waals surface area contributed by atoms with Gasteiger partial charge in [-0.1, -0.05) is 12.8 Å². The summed E-state index contributed by atoms with van der Waals surface area (Å²) in [6, 6.07) is 0.643. The van der Waals surface area contributed by atoms with Crippen molar-refractivity contribution < 1.29 is 0 Å². The average molecular weight is 240 g/mol. The predicted molar refractivity (Wildman–Crippen MR) is 66.9 cm³/mol. The monoisotopic (exact) mass is 239 g/mol. The van der Waals surface area contributed by atoms with Crippen LogP contribution >= 0.6 is 11.6 Å². The third-order valence-electron chi connectivity index (χ3n) is 3.21. The summed E-state index contributed by atoms with van der Waals surface area (Å²) in [5, 5.41) is 0. The van der Waals surface area contributed by atoms with Crippen molar-refractivity contribution in [2.75, 3.05) is 11.4 Å². The highest BCUT2D eigenvalue weighted by Crippen LogP contribution is 2.26. The number of aromatic nitrogens is 2. The number of rotatable bonds is 4. The summed E-state index contributed by atoms with van der Waals surface area (Å²) in [5.41, 5.74) is 0.857. The van der Waals surface area contributed by atoms with E-state index in [0.717, 1.165) is 18.1 Å². The molecule has 1 saturated carbocycles. The van der Waals surface area contributed by atoms with Gasteiger partial charge in [0.1, 0.15) is 5.82 Å². The molecule has 1 aromatic heterocycles. The zero-order valence-electron chi connectivity index (χ0n) is 9.69. The molecule has 0 saturated heterocycles. The molecule has 1 aromatic rings. The van der Waals surface area contributed by atoms with Crippen LogP contribution in [-0.4, -0.2) is 22.6 Å². The average Bonchev–Trinajstić information content (AvgIpc) is 2.84. The van der Waals surface area contributed by atoms with Crippen molar-refractivity contribution in [1.82, 2.24) is 9.97 Å². The molecule has 0 radical (unpaired) electrons. The van der Waals surface area contributed by atoms with Crippen LogP contribution < -0.4 is 4.90 Å². The summed E-state index contributed by atoms with van der Waals surface area (Å²) in [6.07, 6.45) is 8.81. The zero-order chi connectivity index (χ0) is 11.4. The van der Waals surface area contributed by atoms with E-state index in [9.17, 15) is 0 Å². The first kappa shape index (κ1) is 11.6. The van der Waals surface area contributed by atoms with Crippen molar-refractivity contribution in [2.24, 2.45) is 0 Å². The molecule has 4 heteroatoms. The number of nitrogens with zero attached hydrogens (tertiary/aromatic N) is 3. The van der Waals surface area contributed by atoms with Crippen LogP contribution in [0.15, 0.2) is 12.4 Å². The van der Waals surface area contributed by atoms with E-state index in [-0.39, 0.29) is 0 Å². The molecule has 0 amide bonds. The van der Waals surface area contributed by atoms with Gasteiger partial charge in [0.25, 0.3) is 0 Å². The Morgan fingerprint density at radius 3 is 2.75 bits per heavy atom. The molecule has 3 nitrogen and oxygen atoms in total. The van der Waals surface area contributed by atoms with Gasteiger partial charge < -0.3 is 4.90 Å². The lowest BCUT2D eigenvalue weighted by molar-refractivity contribution is 0.611. The van der Waals surface area contributed by atoms with Gasteiger partial charge in [0.05, 0.1) is 17.8 Å².